The Balaban J connectivity index is 1.80. The molecule has 1 saturated heterocycles. The van der Waals surface area contributed by atoms with Crippen molar-refractivity contribution < 1.29 is 42.9 Å². The van der Waals surface area contributed by atoms with Crippen LogP contribution in [0, 0.1) is 0 Å². The largest absolute Gasteiger partial charge is 0.456 e. The van der Waals surface area contributed by atoms with Gasteiger partial charge in [0.1, 0.15) is 0 Å². The molecule has 0 aliphatic carbocycles. The van der Waals surface area contributed by atoms with E-state index in [0.29, 0.717) is 0 Å². The molecule has 1 aliphatic heterocycles. The van der Waals surface area contributed by atoms with Crippen molar-refractivity contribution in [3.05, 3.63) is 42.1 Å². The number of benzene rings is 1. The number of hydrogen-bond donors (Lipinski definition) is 1. The highest BCUT2D eigenvalue weighted by Gasteiger charge is 2.49. The Kier molecular flexibility index (Phi) is 9.02. The van der Waals surface area contributed by atoms with Crippen LogP contribution >= 0.6 is 0 Å². The van der Waals surface area contributed by atoms with E-state index in [9.17, 15) is 19.2 Å². The van der Waals surface area contributed by atoms with Crippen molar-refractivity contribution >= 4 is 40.9 Å². The smallest absolute Gasteiger partial charge is 0.333 e. The first-order valence-corrected chi connectivity index (χ1v) is 11.5. The van der Waals surface area contributed by atoms with Crippen molar-refractivity contribution in [2.75, 3.05) is 6.61 Å². The van der Waals surface area contributed by atoms with Gasteiger partial charge in [-0.25, -0.2) is 4.79 Å². The number of carbonyl (C=O) groups is 4. The second-order valence-corrected chi connectivity index (χ2v) is 7.76. The summed E-state index contributed by atoms with van der Waals surface area (Å²) in [6.45, 7) is 4.56. The second-order valence-electron chi connectivity index (χ2n) is 7.76. The summed E-state index contributed by atoms with van der Waals surface area (Å²) in [5.74, 6) is -2.54. The SMILES string of the molecule is CCC(=O)O[C@H]1[C@H](OC(=O)/C=C/c2c[nH]c3ccccc23)OC[C@@H](OC(=O)CC)[C@H]1OC(=O)CC. The summed E-state index contributed by atoms with van der Waals surface area (Å²) in [4.78, 5) is 51.8. The van der Waals surface area contributed by atoms with Crippen LogP contribution in [0.25, 0.3) is 17.0 Å². The lowest BCUT2D eigenvalue weighted by atomic mass is 10.0. The summed E-state index contributed by atoms with van der Waals surface area (Å²) in [5, 5.41) is 0.923. The Morgan fingerprint density at radius 2 is 1.54 bits per heavy atom. The van der Waals surface area contributed by atoms with E-state index in [0.717, 1.165) is 16.5 Å². The highest BCUT2D eigenvalue weighted by Crippen LogP contribution is 2.26. The third-order valence-electron chi connectivity index (χ3n) is 5.32. The second kappa shape index (κ2) is 12.2. The topological polar surface area (TPSA) is 130 Å². The lowest BCUT2D eigenvalue weighted by molar-refractivity contribution is -0.273. The molecule has 0 amide bonds. The van der Waals surface area contributed by atoms with E-state index in [-0.39, 0.29) is 25.9 Å². The summed E-state index contributed by atoms with van der Waals surface area (Å²) in [6, 6.07) is 7.60. The molecule has 0 unspecified atom stereocenters. The van der Waals surface area contributed by atoms with Crippen LogP contribution in [0.1, 0.15) is 45.6 Å². The molecule has 1 aromatic carbocycles. The lowest BCUT2D eigenvalue weighted by Crippen LogP contribution is -2.58. The van der Waals surface area contributed by atoms with Gasteiger partial charge in [-0.05, 0) is 12.1 Å². The molecule has 1 N–H and O–H groups in total. The van der Waals surface area contributed by atoms with Crippen molar-refractivity contribution in [2.24, 2.45) is 0 Å². The lowest BCUT2D eigenvalue weighted by Gasteiger charge is -2.39. The van der Waals surface area contributed by atoms with Crippen molar-refractivity contribution in [3.63, 3.8) is 0 Å². The van der Waals surface area contributed by atoms with Gasteiger partial charge in [-0.2, -0.15) is 0 Å². The molecular weight excluding hydrogens is 458 g/mol. The zero-order valence-electron chi connectivity index (χ0n) is 19.9. The van der Waals surface area contributed by atoms with Crippen molar-refractivity contribution in [2.45, 2.75) is 64.6 Å². The minimum Gasteiger partial charge on any atom is -0.456 e. The van der Waals surface area contributed by atoms with Crippen LogP contribution in [0.4, 0.5) is 0 Å². The Labute approximate surface area is 202 Å². The van der Waals surface area contributed by atoms with Crippen LogP contribution in [-0.2, 0) is 42.9 Å². The first-order valence-electron chi connectivity index (χ1n) is 11.5. The predicted molar refractivity (Wildman–Crippen MR) is 124 cm³/mol. The van der Waals surface area contributed by atoms with Crippen molar-refractivity contribution in [1.29, 1.82) is 0 Å². The fourth-order valence-corrected chi connectivity index (χ4v) is 3.48. The van der Waals surface area contributed by atoms with E-state index in [1.165, 1.54) is 6.08 Å². The van der Waals surface area contributed by atoms with Crippen molar-refractivity contribution in [3.8, 4) is 0 Å². The number of fused-ring (bicyclic) bond motifs is 1. The van der Waals surface area contributed by atoms with E-state index >= 15 is 0 Å². The first-order chi connectivity index (χ1) is 16.9. The van der Waals surface area contributed by atoms with Gasteiger partial charge in [-0.1, -0.05) is 39.0 Å². The maximum atomic E-state index is 12.6. The number of aromatic amines is 1. The van der Waals surface area contributed by atoms with Gasteiger partial charge in [0.2, 0.25) is 12.4 Å². The zero-order chi connectivity index (χ0) is 25.4. The average Bonchev–Trinajstić information content (AvgIpc) is 3.28. The predicted octanol–water partition coefficient (Wildman–Crippen LogP) is 3.05. The summed E-state index contributed by atoms with van der Waals surface area (Å²) < 4.78 is 27.2. The molecular formula is C25H29NO9. The maximum absolute atomic E-state index is 12.6. The monoisotopic (exact) mass is 487 g/mol. The fourth-order valence-electron chi connectivity index (χ4n) is 3.48. The molecule has 0 saturated carbocycles. The Hall–Kier alpha value is -3.66. The zero-order valence-corrected chi connectivity index (χ0v) is 19.9. The van der Waals surface area contributed by atoms with Gasteiger partial charge in [-0.15, -0.1) is 0 Å². The minimum atomic E-state index is -1.38. The third-order valence-corrected chi connectivity index (χ3v) is 5.32. The molecule has 35 heavy (non-hydrogen) atoms. The summed E-state index contributed by atoms with van der Waals surface area (Å²) in [6.07, 6.45) is -0.258. The van der Waals surface area contributed by atoms with Crippen LogP contribution in [0.3, 0.4) is 0 Å². The maximum Gasteiger partial charge on any atom is 0.333 e. The van der Waals surface area contributed by atoms with Gasteiger partial charge in [0, 0.05) is 48.0 Å². The van der Waals surface area contributed by atoms with Crippen LogP contribution in [0.5, 0.6) is 0 Å². The number of para-hydroxylation sites is 1. The summed E-state index contributed by atoms with van der Waals surface area (Å²) in [5.41, 5.74) is 1.69. The standard InChI is InChI=1S/C25H29NO9/c1-4-19(27)32-18-14-31-25(24(34-21(29)6-3)23(18)33-20(28)5-2)35-22(30)12-11-15-13-26-17-10-8-7-9-16(15)17/h7-13,18,23-26H,4-6,14H2,1-3H3/b12-11+/t18-,23-,24-,25+/m1/s1. The number of hydrogen-bond acceptors (Lipinski definition) is 9. The summed E-state index contributed by atoms with van der Waals surface area (Å²) in [7, 11) is 0. The van der Waals surface area contributed by atoms with E-state index < -0.39 is 48.5 Å². The van der Waals surface area contributed by atoms with E-state index in [2.05, 4.69) is 4.98 Å². The Morgan fingerprint density at radius 1 is 0.914 bits per heavy atom. The molecule has 1 aromatic heterocycles. The van der Waals surface area contributed by atoms with Crippen LogP contribution < -0.4 is 0 Å². The van der Waals surface area contributed by atoms with Crippen LogP contribution in [0.15, 0.2) is 36.5 Å². The number of aromatic nitrogens is 1. The molecule has 188 valence electrons. The molecule has 10 nitrogen and oxygen atoms in total. The molecule has 2 heterocycles. The number of nitrogens with one attached hydrogen (secondary N) is 1. The van der Waals surface area contributed by atoms with Gasteiger partial charge in [0.25, 0.3) is 0 Å². The molecule has 0 radical (unpaired) electrons. The third kappa shape index (κ3) is 6.69. The van der Waals surface area contributed by atoms with E-state index in [4.69, 9.17) is 23.7 Å². The molecule has 0 spiro atoms. The number of H-pyrrole nitrogens is 1. The van der Waals surface area contributed by atoms with Crippen LogP contribution in [0.2, 0.25) is 0 Å². The number of carbonyl (C=O) groups excluding carboxylic acids is 4. The normalized spacial score (nSPS) is 22.0. The van der Waals surface area contributed by atoms with Gasteiger partial charge >= 0.3 is 23.9 Å². The molecule has 1 fully saturated rings. The van der Waals surface area contributed by atoms with Gasteiger partial charge in [0.05, 0.1) is 6.61 Å². The molecule has 4 atom stereocenters. The first kappa shape index (κ1) is 26.0. The molecule has 2 aromatic rings. The highest BCUT2D eigenvalue weighted by atomic mass is 16.7. The Bertz CT molecular complexity index is 1090. The van der Waals surface area contributed by atoms with E-state index in [1.54, 1.807) is 33.0 Å². The number of ether oxygens (including phenoxy) is 5. The Morgan fingerprint density at radius 3 is 2.23 bits per heavy atom. The average molecular weight is 488 g/mol. The van der Waals surface area contributed by atoms with E-state index in [1.807, 2.05) is 24.3 Å². The van der Waals surface area contributed by atoms with Crippen LogP contribution in [-0.4, -0.2) is 60.1 Å². The molecule has 1 aliphatic rings. The minimum absolute atomic E-state index is 0.0193. The molecule has 0 bridgehead atoms. The highest BCUT2D eigenvalue weighted by molar-refractivity contribution is 5.94. The van der Waals surface area contributed by atoms with Gasteiger partial charge in [-0.3, -0.25) is 14.4 Å². The quantitative estimate of drug-likeness (QED) is 0.322. The number of esters is 4. The molecule has 10 heteroatoms. The summed E-state index contributed by atoms with van der Waals surface area (Å²) >= 11 is 0. The molecule has 3 rings (SSSR count). The number of rotatable bonds is 9. The fraction of sp³-hybridized carbons (Fsp3) is 0.440. The van der Waals surface area contributed by atoms with Crippen molar-refractivity contribution in [1.82, 2.24) is 4.98 Å². The van der Waals surface area contributed by atoms with Gasteiger partial charge < -0.3 is 28.7 Å². The van der Waals surface area contributed by atoms with Gasteiger partial charge in [0.15, 0.2) is 12.2 Å².